The third-order valence-corrected chi connectivity index (χ3v) is 4.05. The minimum Gasteiger partial charge on any atom is -0.487 e. The first-order chi connectivity index (χ1) is 13.2. The molecule has 134 valence electrons. The highest BCUT2D eigenvalue weighted by atomic mass is 16.5. The number of rotatable bonds is 5. The van der Waals surface area contributed by atoms with E-state index in [0.29, 0.717) is 23.7 Å². The molecule has 0 aliphatic heterocycles. The predicted octanol–water partition coefficient (Wildman–Crippen LogP) is 3.87. The van der Waals surface area contributed by atoms with Crippen molar-refractivity contribution in [2.24, 2.45) is 0 Å². The highest BCUT2D eigenvalue weighted by Crippen LogP contribution is 2.17. The van der Waals surface area contributed by atoms with Crippen LogP contribution >= 0.6 is 0 Å². The number of benzene rings is 1. The quantitative estimate of drug-likeness (QED) is 0.588. The van der Waals surface area contributed by atoms with E-state index in [1.54, 1.807) is 24.4 Å². The fourth-order valence-corrected chi connectivity index (χ4v) is 2.73. The lowest BCUT2D eigenvalue weighted by atomic mass is 10.2. The molecule has 0 saturated heterocycles. The third-order valence-electron chi connectivity index (χ3n) is 4.05. The van der Waals surface area contributed by atoms with Crippen molar-refractivity contribution in [1.29, 1.82) is 0 Å². The fraction of sp³-hybridized carbons (Fsp3) is 0.0952. The van der Waals surface area contributed by atoms with Crippen molar-refractivity contribution in [2.75, 3.05) is 5.32 Å². The van der Waals surface area contributed by atoms with Gasteiger partial charge in [0.1, 0.15) is 23.8 Å². The van der Waals surface area contributed by atoms with Crippen LogP contribution < -0.4 is 10.1 Å². The molecule has 0 spiro atoms. The lowest BCUT2D eigenvalue weighted by Gasteiger charge is -2.08. The number of imidazole rings is 1. The van der Waals surface area contributed by atoms with Crippen molar-refractivity contribution in [2.45, 2.75) is 13.5 Å². The molecular weight excluding hydrogens is 340 g/mol. The molecule has 0 atom stereocenters. The van der Waals surface area contributed by atoms with Gasteiger partial charge in [0.05, 0.1) is 5.69 Å². The van der Waals surface area contributed by atoms with E-state index < -0.39 is 0 Å². The first-order valence-electron chi connectivity index (χ1n) is 8.57. The second kappa shape index (κ2) is 7.29. The summed E-state index contributed by atoms with van der Waals surface area (Å²) in [6.45, 7) is 2.28. The van der Waals surface area contributed by atoms with Gasteiger partial charge >= 0.3 is 0 Å². The Hall–Kier alpha value is -3.67. The van der Waals surface area contributed by atoms with Crippen LogP contribution in [0, 0.1) is 6.92 Å². The molecule has 3 heterocycles. The Bertz CT molecular complexity index is 1070. The van der Waals surface area contributed by atoms with Gasteiger partial charge in [-0.15, -0.1) is 0 Å². The summed E-state index contributed by atoms with van der Waals surface area (Å²) in [5, 5.41) is 2.80. The van der Waals surface area contributed by atoms with Gasteiger partial charge in [-0.2, -0.15) is 0 Å². The SMILES string of the molecule is Cc1ccnc(NC(=O)c2cccc(OCc3cn4ccccc4n3)c2)c1. The number of carbonyl (C=O) groups is 1. The Balaban J connectivity index is 1.44. The molecule has 6 heteroatoms. The zero-order valence-corrected chi connectivity index (χ0v) is 14.8. The largest absolute Gasteiger partial charge is 0.487 e. The molecule has 4 rings (SSSR count). The lowest BCUT2D eigenvalue weighted by molar-refractivity contribution is 0.102. The van der Waals surface area contributed by atoms with Crippen LogP contribution in [0.15, 0.2) is 73.2 Å². The molecular formula is C21H18N4O2. The molecule has 4 aromatic rings. The van der Waals surface area contributed by atoms with E-state index in [1.165, 1.54) is 0 Å². The van der Waals surface area contributed by atoms with E-state index in [1.807, 2.05) is 60.1 Å². The number of anilines is 1. The molecule has 0 aliphatic carbocycles. The Morgan fingerprint density at radius 1 is 1.15 bits per heavy atom. The Labute approximate surface area is 156 Å². The molecule has 0 saturated carbocycles. The minimum atomic E-state index is -0.230. The molecule has 0 aliphatic rings. The van der Waals surface area contributed by atoms with E-state index in [9.17, 15) is 4.79 Å². The number of pyridine rings is 2. The average molecular weight is 358 g/mol. The van der Waals surface area contributed by atoms with Crippen LogP contribution in [0.5, 0.6) is 5.75 Å². The zero-order chi connectivity index (χ0) is 18.6. The zero-order valence-electron chi connectivity index (χ0n) is 14.8. The monoisotopic (exact) mass is 358 g/mol. The number of nitrogens with zero attached hydrogens (tertiary/aromatic N) is 3. The van der Waals surface area contributed by atoms with Crippen molar-refractivity contribution in [3.63, 3.8) is 0 Å². The second-order valence-electron chi connectivity index (χ2n) is 6.19. The van der Waals surface area contributed by atoms with Gasteiger partial charge in [-0.1, -0.05) is 12.1 Å². The summed E-state index contributed by atoms with van der Waals surface area (Å²) in [5.74, 6) is 0.902. The number of nitrogens with one attached hydrogen (secondary N) is 1. The summed E-state index contributed by atoms with van der Waals surface area (Å²) < 4.78 is 7.75. The summed E-state index contributed by atoms with van der Waals surface area (Å²) in [7, 11) is 0. The van der Waals surface area contributed by atoms with Gasteiger partial charge in [-0.25, -0.2) is 9.97 Å². The van der Waals surface area contributed by atoms with Gasteiger partial charge in [0.25, 0.3) is 5.91 Å². The molecule has 6 nitrogen and oxygen atoms in total. The summed E-state index contributed by atoms with van der Waals surface area (Å²) in [6.07, 6.45) is 5.53. The predicted molar refractivity (Wildman–Crippen MR) is 103 cm³/mol. The molecule has 0 radical (unpaired) electrons. The van der Waals surface area contributed by atoms with Crippen LogP contribution in [-0.4, -0.2) is 20.3 Å². The second-order valence-corrected chi connectivity index (χ2v) is 6.19. The molecule has 1 amide bonds. The van der Waals surface area contributed by atoms with Crippen molar-refractivity contribution in [1.82, 2.24) is 14.4 Å². The maximum absolute atomic E-state index is 12.4. The van der Waals surface area contributed by atoms with Gasteiger partial charge < -0.3 is 14.5 Å². The fourth-order valence-electron chi connectivity index (χ4n) is 2.73. The van der Waals surface area contributed by atoms with Crippen LogP contribution in [0.25, 0.3) is 5.65 Å². The summed E-state index contributed by atoms with van der Waals surface area (Å²) in [4.78, 5) is 21.1. The minimum absolute atomic E-state index is 0.230. The van der Waals surface area contributed by atoms with Crippen LogP contribution in [0.1, 0.15) is 21.6 Å². The van der Waals surface area contributed by atoms with Crippen molar-refractivity contribution < 1.29 is 9.53 Å². The topological polar surface area (TPSA) is 68.5 Å². The van der Waals surface area contributed by atoms with Gasteiger partial charge in [0.15, 0.2) is 0 Å². The molecule has 0 bridgehead atoms. The average Bonchev–Trinajstić information content (AvgIpc) is 3.10. The number of aromatic nitrogens is 3. The molecule has 3 aromatic heterocycles. The van der Waals surface area contributed by atoms with E-state index in [0.717, 1.165) is 16.9 Å². The van der Waals surface area contributed by atoms with E-state index in [4.69, 9.17) is 4.74 Å². The summed E-state index contributed by atoms with van der Waals surface area (Å²) in [6, 6.07) is 16.6. The number of hydrogen-bond acceptors (Lipinski definition) is 4. The highest BCUT2D eigenvalue weighted by Gasteiger charge is 2.09. The van der Waals surface area contributed by atoms with Crippen LogP contribution in [0.2, 0.25) is 0 Å². The van der Waals surface area contributed by atoms with Gasteiger partial charge in [0, 0.05) is 24.2 Å². The first kappa shape index (κ1) is 16.8. The van der Waals surface area contributed by atoms with Crippen molar-refractivity contribution in [3.05, 3.63) is 90.0 Å². The highest BCUT2D eigenvalue weighted by molar-refractivity contribution is 6.04. The number of fused-ring (bicyclic) bond motifs is 1. The normalized spacial score (nSPS) is 10.7. The Morgan fingerprint density at radius 3 is 2.93 bits per heavy atom. The smallest absolute Gasteiger partial charge is 0.256 e. The maximum atomic E-state index is 12.4. The van der Waals surface area contributed by atoms with Crippen LogP contribution in [0.4, 0.5) is 5.82 Å². The Kier molecular flexibility index (Phi) is 4.53. The van der Waals surface area contributed by atoms with E-state index >= 15 is 0 Å². The van der Waals surface area contributed by atoms with E-state index in [2.05, 4.69) is 15.3 Å². The van der Waals surface area contributed by atoms with Gasteiger partial charge in [-0.05, 0) is 55.0 Å². The molecule has 27 heavy (non-hydrogen) atoms. The molecule has 1 aromatic carbocycles. The number of aryl methyl sites for hydroxylation is 1. The third kappa shape index (κ3) is 3.95. The maximum Gasteiger partial charge on any atom is 0.256 e. The molecule has 1 N–H and O–H groups in total. The van der Waals surface area contributed by atoms with E-state index in [-0.39, 0.29) is 5.91 Å². The van der Waals surface area contributed by atoms with Gasteiger partial charge in [-0.3, -0.25) is 4.79 Å². The summed E-state index contributed by atoms with van der Waals surface area (Å²) >= 11 is 0. The first-order valence-corrected chi connectivity index (χ1v) is 8.57. The molecule has 0 fully saturated rings. The van der Waals surface area contributed by atoms with Crippen molar-refractivity contribution in [3.8, 4) is 5.75 Å². The number of ether oxygens (including phenoxy) is 1. The molecule has 0 unspecified atom stereocenters. The number of carbonyl (C=O) groups excluding carboxylic acids is 1. The lowest BCUT2D eigenvalue weighted by Crippen LogP contribution is -2.13. The van der Waals surface area contributed by atoms with Gasteiger partial charge in [0.2, 0.25) is 0 Å². The van der Waals surface area contributed by atoms with Crippen molar-refractivity contribution >= 4 is 17.4 Å². The summed E-state index contributed by atoms with van der Waals surface area (Å²) in [5.41, 5.74) is 3.23. The number of amides is 1. The standard InChI is InChI=1S/C21H18N4O2/c1-15-8-9-22-19(11-15)24-21(26)16-5-4-6-18(12-16)27-14-17-13-25-10-3-2-7-20(25)23-17/h2-13H,14H2,1H3,(H,22,24,26). The number of hydrogen-bond donors (Lipinski definition) is 1. The van der Waals surface area contributed by atoms with Crippen LogP contribution in [0.3, 0.4) is 0 Å². The van der Waals surface area contributed by atoms with Crippen LogP contribution in [-0.2, 0) is 6.61 Å². The Morgan fingerprint density at radius 2 is 2.07 bits per heavy atom.